The molecular weight excluding hydrogens is 193 g/mol. The van der Waals surface area contributed by atoms with Crippen LogP contribution in [0.4, 0.5) is 4.39 Å². The van der Waals surface area contributed by atoms with E-state index in [1.54, 1.807) is 0 Å². The molecule has 2 nitrogen and oxygen atoms in total. The summed E-state index contributed by atoms with van der Waals surface area (Å²) in [5.74, 6) is 0. The van der Waals surface area contributed by atoms with Crippen LogP contribution in [0.1, 0.15) is 47.5 Å². The normalized spacial score (nSPS) is 30.2. The maximum atomic E-state index is 13.0. The minimum atomic E-state index is -0.698. The summed E-state index contributed by atoms with van der Waals surface area (Å²) in [6, 6.07) is 0. The summed E-state index contributed by atoms with van der Waals surface area (Å²) in [4.78, 5) is 0. The first-order valence-electron chi connectivity index (χ1n) is 6.09. The molecule has 0 saturated carbocycles. The van der Waals surface area contributed by atoms with Crippen LogP contribution in [-0.4, -0.2) is 31.0 Å². The Hall–Kier alpha value is -0.150. The average molecular weight is 219 g/mol. The van der Waals surface area contributed by atoms with Crippen molar-refractivity contribution in [2.75, 3.05) is 13.2 Å². The maximum absolute atomic E-state index is 13.0. The molecule has 3 heteroatoms. The van der Waals surface area contributed by atoms with E-state index in [1.165, 1.54) is 0 Å². The van der Waals surface area contributed by atoms with E-state index in [4.69, 9.17) is 4.74 Å². The van der Waals surface area contributed by atoms with E-state index in [2.05, 4.69) is 12.2 Å². The van der Waals surface area contributed by atoms with Crippen molar-refractivity contribution < 1.29 is 9.13 Å². The second-order valence-electron chi connectivity index (χ2n) is 4.18. The highest BCUT2D eigenvalue weighted by atomic mass is 19.1. The van der Waals surface area contributed by atoms with Crippen LogP contribution in [0.15, 0.2) is 0 Å². The summed E-state index contributed by atoms with van der Waals surface area (Å²) >= 11 is 0. The lowest BCUT2D eigenvalue weighted by Crippen LogP contribution is -2.44. The number of alkyl halides is 1. The van der Waals surface area contributed by atoms with Crippen LogP contribution in [0.3, 0.4) is 0 Å². The van der Waals surface area contributed by atoms with Gasteiger partial charge in [-0.05, 0) is 20.3 Å². The molecule has 0 aromatic heterocycles. The standard InChI is InChI=1S/C10H20FNO.C2H6/c1-4-10(7-13-8(2)3)5-9(11)6-12-10;1-2/h8-9,12H,4-7H2,1-3H3;1-2H3. The molecule has 15 heavy (non-hydrogen) atoms. The molecule has 0 amide bonds. The van der Waals surface area contributed by atoms with E-state index < -0.39 is 6.17 Å². The fraction of sp³-hybridized carbons (Fsp3) is 1.00. The van der Waals surface area contributed by atoms with Crippen molar-refractivity contribution >= 4 is 0 Å². The Labute approximate surface area is 93.6 Å². The minimum Gasteiger partial charge on any atom is -0.377 e. The summed E-state index contributed by atoms with van der Waals surface area (Å²) in [7, 11) is 0. The number of nitrogens with one attached hydrogen (secondary N) is 1. The summed E-state index contributed by atoms with van der Waals surface area (Å²) in [6.45, 7) is 11.2. The van der Waals surface area contributed by atoms with Gasteiger partial charge < -0.3 is 10.1 Å². The predicted molar refractivity (Wildman–Crippen MR) is 63.0 cm³/mol. The van der Waals surface area contributed by atoms with E-state index in [1.807, 2.05) is 27.7 Å². The van der Waals surface area contributed by atoms with E-state index in [0.717, 1.165) is 6.42 Å². The lowest BCUT2D eigenvalue weighted by molar-refractivity contribution is 0.0303. The summed E-state index contributed by atoms with van der Waals surface area (Å²) in [5.41, 5.74) is -0.107. The molecule has 0 radical (unpaired) electrons. The van der Waals surface area contributed by atoms with Crippen molar-refractivity contribution in [2.45, 2.75) is 65.3 Å². The maximum Gasteiger partial charge on any atom is 0.114 e. The number of hydrogen-bond donors (Lipinski definition) is 1. The third-order valence-electron chi connectivity index (χ3n) is 2.68. The van der Waals surface area contributed by atoms with Crippen LogP contribution in [-0.2, 0) is 4.74 Å². The molecule has 2 atom stereocenters. The van der Waals surface area contributed by atoms with Gasteiger partial charge in [0.05, 0.1) is 12.7 Å². The Morgan fingerprint density at radius 1 is 1.47 bits per heavy atom. The smallest absolute Gasteiger partial charge is 0.114 e. The Kier molecular flexibility index (Phi) is 7.11. The predicted octanol–water partition coefficient (Wildman–Crippen LogP) is 2.92. The van der Waals surface area contributed by atoms with Crippen LogP contribution in [0.25, 0.3) is 0 Å². The Balaban J connectivity index is 0.000000921. The molecule has 0 bridgehead atoms. The van der Waals surface area contributed by atoms with Gasteiger partial charge in [0.2, 0.25) is 0 Å². The quantitative estimate of drug-likeness (QED) is 0.785. The Morgan fingerprint density at radius 2 is 2.07 bits per heavy atom. The van der Waals surface area contributed by atoms with Crippen LogP contribution < -0.4 is 5.32 Å². The van der Waals surface area contributed by atoms with Gasteiger partial charge >= 0.3 is 0 Å². The van der Waals surface area contributed by atoms with Crippen LogP contribution in [0.2, 0.25) is 0 Å². The van der Waals surface area contributed by atoms with Gasteiger partial charge in [-0.25, -0.2) is 4.39 Å². The van der Waals surface area contributed by atoms with Crippen molar-refractivity contribution in [3.05, 3.63) is 0 Å². The topological polar surface area (TPSA) is 21.3 Å². The molecule has 0 aromatic rings. The first kappa shape index (κ1) is 14.8. The molecule has 1 aliphatic heterocycles. The average Bonchev–Trinajstić information content (AvgIpc) is 2.61. The Bertz CT molecular complexity index is 164. The molecule has 0 aromatic carbocycles. The molecule has 1 rings (SSSR count). The van der Waals surface area contributed by atoms with E-state index in [9.17, 15) is 4.39 Å². The van der Waals surface area contributed by atoms with Crippen LogP contribution in [0, 0.1) is 0 Å². The van der Waals surface area contributed by atoms with E-state index in [-0.39, 0.29) is 11.6 Å². The van der Waals surface area contributed by atoms with Crippen molar-refractivity contribution in [3.8, 4) is 0 Å². The summed E-state index contributed by atoms with van der Waals surface area (Å²) in [6.07, 6.45) is 1.05. The van der Waals surface area contributed by atoms with Gasteiger partial charge in [-0.15, -0.1) is 0 Å². The molecule has 1 fully saturated rings. The van der Waals surface area contributed by atoms with Crippen molar-refractivity contribution in [3.63, 3.8) is 0 Å². The van der Waals surface area contributed by atoms with Gasteiger partial charge in [0, 0.05) is 18.5 Å². The highest BCUT2D eigenvalue weighted by Gasteiger charge is 2.37. The van der Waals surface area contributed by atoms with Gasteiger partial charge in [-0.1, -0.05) is 20.8 Å². The zero-order valence-electron chi connectivity index (χ0n) is 10.8. The van der Waals surface area contributed by atoms with Crippen molar-refractivity contribution in [1.29, 1.82) is 0 Å². The second-order valence-corrected chi connectivity index (χ2v) is 4.18. The van der Waals surface area contributed by atoms with E-state index in [0.29, 0.717) is 19.6 Å². The summed E-state index contributed by atoms with van der Waals surface area (Å²) in [5, 5.41) is 3.22. The molecule has 1 aliphatic rings. The molecule has 0 aliphatic carbocycles. The monoisotopic (exact) mass is 219 g/mol. The zero-order valence-corrected chi connectivity index (χ0v) is 10.8. The highest BCUT2D eigenvalue weighted by Crippen LogP contribution is 2.25. The molecule has 2 unspecified atom stereocenters. The lowest BCUT2D eigenvalue weighted by atomic mass is 9.95. The van der Waals surface area contributed by atoms with Crippen molar-refractivity contribution in [2.24, 2.45) is 0 Å². The summed E-state index contributed by atoms with van der Waals surface area (Å²) < 4.78 is 18.6. The molecule has 1 saturated heterocycles. The first-order valence-corrected chi connectivity index (χ1v) is 6.09. The van der Waals surface area contributed by atoms with Gasteiger partial charge in [0.25, 0.3) is 0 Å². The van der Waals surface area contributed by atoms with Gasteiger partial charge in [-0.2, -0.15) is 0 Å². The first-order chi connectivity index (χ1) is 7.08. The molecule has 1 N–H and O–H groups in total. The number of rotatable bonds is 4. The van der Waals surface area contributed by atoms with Gasteiger partial charge in [-0.3, -0.25) is 0 Å². The molecular formula is C12H26FNO. The Morgan fingerprint density at radius 3 is 2.40 bits per heavy atom. The zero-order chi connectivity index (χ0) is 11.9. The third kappa shape index (κ3) is 4.94. The third-order valence-corrected chi connectivity index (χ3v) is 2.68. The van der Waals surface area contributed by atoms with Gasteiger partial charge in [0.1, 0.15) is 6.17 Å². The molecule has 92 valence electrons. The molecule has 0 spiro atoms. The lowest BCUT2D eigenvalue weighted by Gasteiger charge is -2.28. The van der Waals surface area contributed by atoms with Crippen LogP contribution >= 0.6 is 0 Å². The van der Waals surface area contributed by atoms with Crippen molar-refractivity contribution in [1.82, 2.24) is 5.32 Å². The second kappa shape index (κ2) is 7.18. The number of ether oxygens (including phenoxy) is 1. The highest BCUT2D eigenvalue weighted by molar-refractivity contribution is 4.96. The number of halogens is 1. The SMILES string of the molecule is CC.CCC1(COC(C)C)CC(F)CN1. The largest absolute Gasteiger partial charge is 0.377 e. The molecule has 1 heterocycles. The van der Waals surface area contributed by atoms with Gasteiger partial charge in [0.15, 0.2) is 0 Å². The number of hydrogen-bond acceptors (Lipinski definition) is 2. The van der Waals surface area contributed by atoms with Crippen LogP contribution in [0.5, 0.6) is 0 Å². The fourth-order valence-corrected chi connectivity index (χ4v) is 1.70. The fourth-order valence-electron chi connectivity index (χ4n) is 1.70. The van der Waals surface area contributed by atoms with E-state index >= 15 is 0 Å². The minimum absolute atomic E-state index is 0.107.